The van der Waals surface area contributed by atoms with E-state index in [0.717, 1.165) is 0 Å². The van der Waals surface area contributed by atoms with Crippen molar-refractivity contribution in [3.8, 4) is 0 Å². The fourth-order valence-electron chi connectivity index (χ4n) is 1.36. The zero-order valence-corrected chi connectivity index (χ0v) is 8.31. The molecular formula is C10H9NO4. The molecule has 0 unspecified atom stereocenters. The second-order valence-electron chi connectivity index (χ2n) is 3.11. The lowest BCUT2D eigenvalue weighted by Crippen LogP contribution is -2.04. The van der Waals surface area contributed by atoms with Gasteiger partial charge in [-0.15, -0.1) is 0 Å². The van der Waals surface area contributed by atoms with Crippen LogP contribution in [0.15, 0.2) is 12.1 Å². The third kappa shape index (κ3) is 1.90. The molecule has 0 atom stereocenters. The first-order valence-corrected chi connectivity index (χ1v) is 4.23. The average Bonchev–Trinajstić information content (AvgIpc) is 2.16. The lowest BCUT2D eigenvalue weighted by molar-refractivity contribution is -0.385. The molecule has 0 spiro atoms. The van der Waals surface area contributed by atoms with Crippen LogP contribution < -0.4 is 0 Å². The van der Waals surface area contributed by atoms with Gasteiger partial charge in [-0.1, -0.05) is 6.07 Å². The number of nitro groups is 1. The Morgan fingerprint density at radius 1 is 1.47 bits per heavy atom. The van der Waals surface area contributed by atoms with E-state index < -0.39 is 4.92 Å². The smallest absolute Gasteiger partial charge is 0.283 e. The first-order valence-electron chi connectivity index (χ1n) is 4.23. The molecule has 1 aromatic carbocycles. The quantitative estimate of drug-likeness (QED) is 0.328. The van der Waals surface area contributed by atoms with E-state index in [0.29, 0.717) is 6.29 Å². The zero-order chi connectivity index (χ0) is 11.6. The number of ketones is 1. The molecule has 1 rings (SSSR count). The fourth-order valence-corrected chi connectivity index (χ4v) is 1.36. The minimum atomic E-state index is -0.640. The summed E-state index contributed by atoms with van der Waals surface area (Å²) in [6.07, 6.45) is 0.534. The Bertz CT molecular complexity index is 451. The molecule has 5 heteroatoms. The predicted molar refractivity (Wildman–Crippen MR) is 53.2 cm³/mol. The number of carbonyl (C=O) groups is 2. The van der Waals surface area contributed by atoms with Crippen molar-refractivity contribution in [1.82, 2.24) is 0 Å². The monoisotopic (exact) mass is 207 g/mol. The number of nitro benzene ring substituents is 1. The van der Waals surface area contributed by atoms with Crippen molar-refractivity contribution >= 4 is 17.8 Å². The largest absolute Gasteiger partial charge is 0.298 e. The Labute approximate surface area is 85.9 Å². The number of Topliss-reactive ketones (excluding diaryl/α,β-unsaturated/α-hetero) is 1. The van der Waals surface area contributed by atoms with E-state index in [9.17, 15) is 19.7 Å². The van der Waals surface area contributed by atoms with E-state index in [4.69, 9.17) is 0 Å². The van der Waals surface area contributed by atoms with Crippen LogP contribution in [0.25, 0.3) is 0 Å². The van der Waals surface area contributed by atoms with Gasteiger partial charge in [-0.3, -0.25) is 19.7 Å². The van der Waals surface area contributed by atoms with Crippen molar-refractivity contribution in [2.24, 2.45) is 0 Å². The minimum absolute atomic E-state index is 0.0306. The highest BCUT2D eigenvalue weighted by atomic mass is 16.6. The third-order valence-corrected chi connectivity index (χ3v) is 2.16. The summed E-state index contributed by atoms with van der Waals surface area (Å²) >= 11 is 0. The maximum atomic E-state index is 11.1. The third-order valence-electron chi connectivity index (χ3n) is 2.16. The van der Waals surface area contributed by atoms with Crippen LogP contribution in [0.5, 0.6) is 0 Å². The Morgan fingerprint density at radius 3 is 2.47 bits per heavy atom. The maximum Gasteiger partial charge on any atom is 0.283 e. The Morgan fingerprint density at radius 2 is 2.07 bits per heavy atom. The highest BCUT2D eigenvalue weighted by Gasteiger charge is 2.22. The van der Waals surface area contributed by atoms with Crippen molar-refractivity contribution in [3.05, 3.63) is 38.9 Å². The molecule has 0 saturated carbocycles. The summed E-state index contributed by atoms with van der Waals surface area (Å²) in [6, 6.07) is 2.71. The second kappa shape index (κ2) is 4.00. The van der Waals surface area contributed by atoms with Crippen LogP contribution in [0.3, 0.4) is 0 Å². The van der Waals surface area contributed by atoms with Gasteiger partial charge in [0.15, 0.2) is 12.1 Å². The molecule has 0 N–H and O–H groups in total. The molecular weight excluding hydrogens is 198 g/mol. The van der Waals surface area contributed by atoms with Gasteiger partial charge in [-0.25, -0.2) is 0 Å². The van der Waals surface area contributed by atoms with Gasteiger partial charge in [0.25, 0.3) is 5.69 Å². The van der Waals surface area contributed by atoms with Crippen molar-refractivity contribution in [3.63, 3.8) is 0 Å². The Balaban J connectivity index is 3.58. The van der Waals surface area contributed by atoms with Crippen LogP contribution in [0.2, 0.25) is 0 Å². The number of carbonyl (C=O) groups excluding carboxylic acids is 2. The van der Waals surface area contributed by atoms with Crippen molar-refractivity contribution in [2.45, 2.75) is 13.8 Å². The molecule has 0 aliphatic carbocycles. The van der Waals surface area contributed by atoms with Gasteiger partial charge >= 0.3 is 0 Å². The molecule has 0 amide bonds. The SMILES string of the molecule is CC(=O)c1ccc(C=O)c(C)c1[N+](=O)[O-]. The summed E-state index contributed by atoms with van der Waals surface area (Å²) < 4.78 is 0. The van der Waals surface area contributed by atoms with Gasteiger partial charge in [-0.05, 0) is 19.9 Å². The van der Waals surface area contributed by atoms with Gasteiger partial charge in [0.2, 0.25) is 0 Å². The Kier molecular flexibility index (Phi) is 2.94. The molecule has 0 aliphatic heterocycles. The van der Waals surface area contributed by atoms with Crippen LogP contribution >= 0.6 is 0 Å². The second-order valence-corrected chi connectivity index (χ2v) is 3.11. The topological polar surface area (TPSA) is 77.3 Å². The zero-order valence-electron chi connectivity index (χ0n) is 8.31. The summed E-state index contributed by atoms with van der Waals surface area (Å²) in [4.78, 5) is 31.8. The van der Waals surface area contributed by atoms with E-state index in [2.05, 4.69) is 0 Å². The molecule has 0 heterocycles. The maximum absolute atomic E-state index is 11.1. The molecule has 78 valence electrons. The number of hydrogen-bond donors (Lipinski definition) is 0. The summed E-state index contributed by atoms with van der Waals surface area (Å²) in [7, 11) is 0. The standard InChI is InChI=1S/C10H9NO4/c1-6-8(5-12)3-4-9(7(2)13)10(6)11(14)15/h3-5H,1-2H3. The van der Waals surface area contributed by atoms with Gasteiger partial charge in [0, 0.05) is 11.1 Å². The molecule has 0 saturated heterocycles. The van der Waals surface area contributed by atoms with E-state index in [1.807, 2.05) is 0 Å². The molecule has 0 fully saturated rings. The molecule has 0 aliphatic rings. The van der Waals surface area contributed by atoms with Gasteiger partial charge < -0.3 is 0 Å². The summed E-state index contributed by atoms with van der Waals surface area (Å²) in [5.74, 6) is -0.387. The van der Waals surface area contributed by atoms with Crippen molar-refractivity contribution in [2.75, 3.05) is 0 Å². The average molecular weight is 207 g/mol. The number of benzene rings is 1. The van der Waals surface area contributed by atoms with Gasteiger partial charge in [-0.2, -0.15) is 0 Å². The molecule has 0 aromatic heterocycles. The Hall–Kier alpha value is -2.04. The van der Waals surface area contributed by atoms with Crippen LogP contribution in [0.4, 0.5) is 5.69 Å². The van der Waals surface area contributed by atoms with E-state index in [1.54, 1.807) is 0 Å². The predicted octanol–water partition coefficient (Wildman–Crippen LogP) is 1.92. The fraction of sp³-hybridized carbons (Fsp3) is 0.200. The lowest BCUT2D eigenvalue weighted by Gasteiger charge is -2.04. The van der Waals surface area contributed by atoms with Crippen LogP contribution in [-0.4, -0.2) is 17.0 Å². The van der Waals surface area contributed by atoms with Crippen LogP contribution in [0.1, 0.15) is 33.2 Å². The number of hydrogen-bond acceptors (Lipinski definition) is 4. The lowest BCUT2D eigenvalue weighted by atomic mass is 10.0. The molecule has 0 radical (unpaired) electrons. The molecule has 15 heavy (non-hydrogen) atoms. The molecule has 5 nitrogen and oxygen atoms in total. The number of aldehydes is 1. The van der Waals surface area contributed by atoms with Gasteiger partial charge in [0.05, 0.1) is 10.5 Å². The normalized spacial score (nSPS) is 9.73. The summed E-state index contributed by atoms with van der Waals surface area (Å²) in [6.45, 7) is 2.71. The van der Waals surface area contributed by atoms with Crippen LogP contribution in [0, 0.1) is 17.0 Å². The first kappa shape index (κ1) is 11.0. The first-order chi connectivity index (χ1) is 6.99. The van der Waals surface area contributed by atoms with Gasteiger partial charge in [0.1, 0.15) is 0 Å². The minimum Gasteiger partial charge on any atom is -0.298 e. The summed E-state index contributed by atoms with van der Waals surface area (Å²) in [5.41, 5.74) is 0.199. The number of rotatable bonds is 3. The summed E-state index contributed by atoms with van der Waals surface area (Å²) in [5, 5.41) is 10.8. The van der Waals surface area contributed by atoms with E-state index >= 15 is 0 Å². The van der Waals surface area contributed by atoms with E-state index in [-0.39, 0.29) is 28.2 Å². The van der Waals surface area contributed by atoms with Crippen molar-refractivity contribution in [1.29, 1.82) is 0 Å². The molecule has 0 bridgehead atoms. The highest BCUT2D eigenvalue weighted by molar-refractivity contribution is 5.99. The number of nitrogens with zero attached hydrogens (tertiary/aromatic N) is 1. The molecule has 1 aromatic rings. The van der Waals surface area contributed by atoms with Crippen LogP contribution in [-0.2, 0) is 0 Å². The van der Waals surface area contributed by atoms with E-state index in [1.165, 1.54) is 26.0 Å². The van der Waals surface area contributed by atoms with Crippen molar-refractivity contribution < 1.29 is 14.5 Å². The highest BCUT2D eigenvalue weighted by Crippen LogP contribution is 2.25.